The smallest absolute Gasteiger partial charge is 0.234 e. The average molecular weight is 437 g/mol. The minimum atomic E-state index is -0.134. The summed E-state index contributed by atoms with van der Waals surface area (Å²) in [5.74, 6) is 1.48. The number of nitrogens with zero attached hydrogens (tertiary/aromatic N) is 3. The number of ether oxygens (including phenoxy) is 1. The first-order valence-corrected chi connectivity index (χ1v) is 10.1. The van der Waals surface area contributed by atoms with Gasteiger partial charge in [-0.1, -0.05) is 35.0 Å². The summed E-state index contributed by atoms with van der Waals surface area (Å²) >= 11 is 13.1. The van der Waals surface area contributed by atoms with E-state index in [0.717, 1.165) is 11.3 Å². The van der Waals surface area contributed by atoms with Gasteiger partial charge in [0.1, 0.15) is 12.4 Å². The molecule has 1 heterocycles. The van der Waals surface area contributed by atoms with E-state index >= 15 is 0 Å². The summed E-state index contributed by atoms with van der Waals surface area (Å²) in [6, 6.07) is 12.4. The van der Waals surface area contributed by atoms with Crippen LogP contribution >= 0.6 is 35.0 Å². The number of nitrogens with one attached hydrogen (secondary N) is 1. The molecule has 0 aliphatic heterocycles. The predicted molar refractivity (Wildman–Crippen MR) is 112 cm³/mol. The zero-order valence-electron chi connectivity index (χ0n) is 15.3. The van der Waals surface area contributed by atoms with E-state index in [1.807, 2.05) is 30.7 Å². The third kappa shape index (κ3) is 5.41. The summed E-state index contributed by atoms with van der Waals surface area (Å²) in [7, 11) is 1.84. The number of thioether (sulfide) groups is 1. The van der Waals surface area contributed by atoms with Crippen LogP contribution in [0.5, 0.6) is 5.75 Å². The molecule has 1 amide bonds. The molecule has 6 nitrogen and oxygen atoms in total. The number of carbonyl (C=O) groups excluding carboxylic acids is 1. The van der Waals surface area contributed by atoms with Crippen molar-refractivity contribution in [2.75, 3.05) is 11.1 Å². The highest BCUT2D eigenvalue weighted by Crippen LogP contribution is 2.23. The minimum absolute atomic E-state index is 0.134. The molecule has 0 atom stereocenters. The minimum Gasteiger partial charge on any atom is -0.485 e. The molecule has 146 valence electrons. The number of anilines is 1. The summed E-state index contributed by atoms with van der Waals surface area (Å²) < 4.78 is 7.62. The normalized spacial score (nSPS) is 10.7. The molecule has 3 rings (SSSR count). The number of aromatic nitrogens is 3. The molecule has 9 heteroatoms. The van der Waals surface area contributed by atoms with Crippen molar-refractivity contribution in [3.05, 3.63) is 63.9 Å². The Morgan fingerprint density at radius 2 is 1.86 bits per heavy atom. The Balaban J connectivity index is 1.54. The molecule has 2 aromatic carbocycles. The molecule has 0 fully saturated rings. The van der Waals surface area contributed by atoms with Gasteiger partial charge in [0.2, 0.25) is 5.91 Å². The highest BCUT2D eigenvalue weighted by molar-refractivity contribution is 7.99. The van der Waals surface area contributed by atoms with E-state index in [9.17, 15) is 4.79 Å². The van der Waals surface area contributed by atoms with Crippen molar-refractivity contribution in [1.82, 2.24) is 14.8 Å². The van der Waals surface area contributed by atoms with Crippen LogP contribution in [0.3, 0.4) is 0 Å². The van der Waals surface area contributed by atoms with Crippen molar-refractivity contribution < 1.29 is 9.53 Å². The number of hydrogen-bond acceptors (Lipinski definition) is 5. The lowest BCUT2D eigenvalue weighted by Gasteiger charge is -2.09. The van der Waals surface area contributed by atoms with Gasteiger partial charge in [-0.15, -0.1) is 10.2 Å². The fourth-order valence-electron chi connectivity index (χ4n) is 2.37. The number of halogens is 2. The fraction of sp³-hybridized carbons (Fsp3) is 0.211. The molecule has 0 saturated carbocycles. The highest BCUT2D eigenvalue weighted by Gasteiger charge is 2.13. The summed E-state index contributed by atoms with van der Waals surface area (Å²) in [5, 5.41) is 13.0. The van der Waals surface area contributed by atoms with Gasteiger partial charge in [-0.05, 0) is 55.0 Å². The summed E-state index contributed by atoms with van der Waals surface area (Å²) in [6.07, 6.45) is 0. The second kappa shape index (κ2) is 9.32. The van der Waals surface area contributed by atoms with Crippen molar-refractivity contribution in [3.8, 4) is 5.75 Å². The third-order valence-electron chi connectivity index (χ3n) is 3.88. The lowest BCUT2D eigenvalue weighted by atomic mass is 10.2. The quantitative estimate of drug-likeness (QED) is 0.541. The fourth-order valence-corrected chi connectivity index (χ4v) is 3.46. The molecule has 0 aliphatic rings. The summed E-state index contributed by atoms with van der Waals surface area (Å²) in [5.41, 5.74) is 1.64. The van der Waals surface area contributed by atoms with E-state index in [2.05, 4.69) is 15.5 Å². The second-order valence-corrected chi connectivity index (χ2v) is 7.82. The van der Waals surface area contributed by atoms with Gasteiger partial charge in [0.15, 0.2) is 11.0 Å². The van der Waals surface area contributed by atoms with E-state index in [0.29, 0.717) is 26.7 Å². The van der Waals surface area contributed by atoms with Gasteiger partial charge < -0.3 is 14.6 Å². The molecule has 0 unspecified atom stereocenters. The van der Waals surface area contributed by atoms with Crippen molar-refractivity contribution in [2.45, 2.75) is 18.7 Å². The lowest BCUT2D eigenvalue weighted by molar-refractivity contribution is -0.113. The van der Waals surface area contributed by atoms with Gasteiger partial charge in [-0.25, -0.2) is 0 Å². The topological polar surface area (TPSA) is 69.0 Å². The number of carbonyl (C=O) groups is 1. The Kier molecular flexibility index (Phi) is 6.83. The van der Waals surface area contributed by atoms with Crippen LogP contribution in [0.25, 0.3) is 0 Å². The van der Waals surface area contributed by atoms with Crippen molar-refractivity contribution in [1.29, 1.82) is 0 Å². The zero-order valence-corrected chi connectivity index (χ0v) is 17.6. The predicted octanol–water partition coefficient (Wildman–Crippen LogP) is 4.74. The maximum absolute atomic E-state index is 12.1. The van der Waals surface area contributed by atoms with Gasteiger partial charge in [-0.3, -0.25) is 4.79 Å². The Morgan fingerprint density at radius 3 is 2.57 bits per heavy atom. The van der Waals surface area contributed by atoms with E-state index in [-0.39, 0.29) is 18.3 Å². The number of rotatable bonds is 7. The number of benzene rings is 2. The van der Waals surface area contributed by atoms with E-state index in [4.69, 9.17) is 27.9 Å². The van der Waals surface area contributed by atoms with Crippen LogP contribution in [0.15, 0.2) is 47.6 Å². The van der Waals surface area contributed by atoms with E-state index in [1.54, 1.807) is 30.3 Å². The molecule has 28 heavy (non-hydrogen) atoms. The molecule has 1 N–H and O–H groups in total. The molecule has 0 bridgehead atoms. The van der Waals surface area contributed by atoms with Crippen LogP contribution < -0.4 is 10.1 Å². The van der Waals surface area contributed by atoms with Gasteiger partial charge in [0, 0.05) is 22.8 Å². The SMILES string of the molecule is Cc1cc(Cl)ccc1OCc1nnc(SCC(=O)Nc2ccc(Cl)cc2)n1C. The van der Waals surface area contributed by atoms with Crippen LogP contribution in [0.4, 0.5) is 5.69 Å². The Hall–Kier alpha value is -2.22. The number of amides is 1. The van der Waals surface area contributed by atoms with E-state index in [1.165, 1.54) is 11.8 Å². The average Bonchev–Trinajstić information content (AvgIpc) is 3.01. The van der Waals surface area contributed by atoms with Gasteiger partial charge >= 0.3 is 0 Å². The largest absolute Gasteiger partial charge is 0.485 e. The second-order valence-electron chi connectivity index (χ2n) is 6.00. The van der Waals surface area contributed by atoms with Crippen LogP contribution in [0.1, 0.15) is 11.4 Å². The van der Waals surface area contributed by atoms with Crippen LogP contribution in [-0.4, -0.2) is 26.4 Å². The van der Waals surface area contributed by atoms with Crippen molar-refractivity contribution in [2.24, 2.45) is 7.05 Å². The lowest BCUT2D eigenvalue weighted by Crippen LogP contribution is -2.14. The van der Waals surface area contributed by atoms with Crippen LogP contribution in [0, 0.1) is 6.92 Å². The van der Waals surface area contributed by atoms with E-state index < -0.39 is 0 Å². The zero-order chi connectivity index (χ0) is 20.1. The van der Waals surface area contributed by atoms with Crippen LogP contribution in [0.2, 0.25) is 10.0 Å². The molecule has 3 aromatic rings. The molecule has 0 spiro atoms. The highest BCUT2D eigenvalue weighted by atomic mass is 35.5. The maximum atomic E-state index is 12.1. The van der Waals surface area contributed by atoms with Crippen LogP contribution in [-0.2, 0) is 18.4 Å². The molecular weight excluding hydrogens is 419 g/mol. The molecule has 1 aromatic heterocycles. The van der Waals surface area contributed by atoms with Gasteiger partial charge in [-0.2, -0.15) is 0 Å². The molecular formula is C19H18Cl2N4O2S. The maximum Gasteiger partial charge on any atom is 0.234 e. The monoisotopic (exact) mass is 436 g/mol. The standard InChI is InChI=1S/C19H18Cl2N4O2S/c1-12-9-14(21)5-8-16(12)27-10-17-23-24-19(25(17)2)28-11-18(26)22-15-6-3-13(20)4-7-15/h3-9H,10-11H2,1-2H3,(H,22,26). The first kappa shape index (κ1) is 20.5. The Bertz CT molecular complexity index is 977. The third-order valence-corrected chi connectivity index (χ3v) is 5.39. The Morgan fingerprint density at radius 1 is 1.14 bits per heavy atom. The van der Waals surface area contributed by atoms with Crippen molar-refractivity contribution in [3.63, 3.8) is 0 Å². The van der Waals surface area contributed by atoms with Gasteiger partial charge in [0.05, 0.1) is 5.75 Å². The first-order valence-electron chi connectivity index (χ1n) is 8.38. The molecule has 0 aliphatic carbocycles. The summed E-state index contributed by atoms with van der Waals surface area (Å²) in [4.78, 5) is 12.1. The first-order chi connectivity index (χ1) is 13.4. The Labute approximate surface area is 177 Å². The number of aryl methyl sites for hydroxylation is 1. The molecule has 0 saturated heterocycles. The van der Waals surface area contributed by atoms with Gasteiger partial charge in [0.25, 0.3) is 0 Å². The number of hydrogen-bond donors (Lipinski definition) is 1. The molecule has 0 radical (unpaired) electrons. The van der Waals surface area contributed by atoms with Crippen molar-refractivity contribution >= 4 is 46.6 Å². The summed E-state index contributed by atoms with van der Waals surface area (Å²) in [6.45, 7) is 2.20.